The number of rotatable bonds is 8. The summed E-state index contributed by atoms with van der Waals surface area (Å²) in [6, 6.07) is 5.78. The molecule has 1 aliphatic carbocycles. The van der Waals surface area contributed by atoms with Crippen molar-refractivity contribution < 1.29 is 33.5 Å². The van der Waals surface area contributed by atoms with E-state index in [0.717, 1.165) is 0 Å². The minimum atomic E-state index is -1.04. The summed E-state index contributed by atoms with van der Waals surface area (Å²) in [7, 11) is 1.22. The van der Waals surface area contributed by atoms with Gasteiger partial charge in [0.25, 0.3) is 5.69 Å². The number of nitrogens with zero attached hydrogens (tertiary/aromatic N) is 1. The van der Waals surface area contributed by atoms with Gasteiger partial charge in [-0.1, -0.05) is 19.1 Å². The molecule has 1 aromatic carbocycles. The number of esters is 2. The third kappa shape index (κ3) is 4.86. The molecule has 0 spiro atoms. The molecular weight excluding hydrogens is 444 g/mol. The Morgan fingerprint density at radius 1 is 1.26 bits per heavy atom. The molecule has 3 rings (SSSR count). The van der Waals surface area contributed by atoms with Crippen LogP contribution in [-0.4, -0.2) is 49.6 Å². The van der Waals surface area contributed by atoms with Crippen LogP contribution in [0.25, 0.3) is 0 Å². The number of hydrogen-bond donors (Lipinski definition) is 1. The number of nitro benzene ring substituents is 1. The summed E-state index contributed by atoms with van der Waals surface area (Å²) < 4.78 is 15.5. The fourth-order valence-electron chi connectivity index (χ4n) is 4.52. The number of nitrogens with one attached hydrogen (secondary N) is 1. The second-order valence-electron chi connectivity index (χ2n) is 8.22. The maximum absolute atomic E-state index is 13.6. The summed E-state index contributed by atoms with van der Waals surface area (Å²) in [5, 5.41) is 14.6. The molecule has 2 aliphatic rings. The number of carbonyl (C=O) groups is 3. The Kier molecular flexibility index (Phi) is 7.83. The minimum Gasteiger partial charge on any atom is -0.468 e. The van der Waals surface area contributed by atoms with Crippen LogP contribution in [0.2, 0.25) is 0 Å². The third-order valence-electron chi connectivity index (χ3n) is 6.04. The molecule has 0 saturated heterocycles. The van der Waals surface area contributed by atoms with Crippen molar-refractivity contribution in [2.45, 2.75) is 33.1 Å². The second kappa shape index (κ2) is 10.6. The molecule has 3 atom stereocenters. The Hall–Kier alpha value is -3.53. The zero-order valence-electron chi connectivity index (χ0n) is 19.6. The van der Waals surface area contributed by atoms with Gasteiger partial charge in [-0.15, -0.1) is 0 Å². The van der Waals surface area contributed by atoms with E-state index in [-0.39, 0.29) is 36.0 Å². The molecule has 0 saturated carbocycles. The summed E-state index contributed by atoms with van der Waals surface area (Å²) in [5.74, 6) is -4.12. The van der Waals surface area contributed by atoms with Crippen LogP contribution in [0.4, 0.5) is 5.69 Å². The van der Waals surface area contributed by atoms with Crippen LogP contribution in [0.1, 0.15) is 38.7 Å². The van der Waals surface area contributed by atoms with Crippen LogP contribution in [0, 0.1) is 22.0 Å². The van der Waals surface area contributed by atoms with Crippen LogP contribution in [0.15, 0.2) is 46.8 Å². The van der Waals surface area contributed by atoms with Gasteiger partial charge in [0.1, 0.15) is 12.5 Å². The van der Waals surface area contributed by atoms with Crippen LogP contribution in [0.3, 0.4) is 0 Å². The second-order valence-corrected chi connectivity index (χ2v) is 8.22. The van der Waals surface area contributed by atoms with Crippen molar-refractivity contribution in [2.75, 3.05) is 26.9 Å². The molecule has 0 unspecified atom stereocenters. The fourth-order valence-corrected chi connectivity index (χ4v) is 4.52. The Bertz CT molecular complexity index is 1070. The Morgan fingerprint density at radius 2 is 2.00 bits per heavy atom. The number of dihydropyridines is 1. The molecule has 0 bridgehead atoms. The van der Waals surface area contributed by atoms with Gasteiger partial charge in [-0.2, -0.15) is 0 Å². The number of hydrogen-bond acceptors (Lipinski definition) is 9. The zero-order valence-corrected chi connectivity index (χ0v) is 19.6. The van der Waals surface area contributed by atoms with Crippen molar-refractivity contribution in [3.63, 3.8) is 0 Å². The Labute approximate surface area is 197 Å². The smallest absolute Gasteiger partial charge is 0.336 e. The van der Waals surface area contributed by atoms with Gasteiger partial charge >= 0.3 is 11.9 Å². The van der Waals surface area contributed by atoms with E-state index in [2.05, 4.69) is 5.32 Å². The van der Waals surface area contributed by atoms with Crippen molar-refractivity contribution in [3.05, 3.63) is 62.5 Å². The molecule has 182 valence electrons. The van der Waals surface area contributed by atoms with Crippen molar-refractivity contribution in [1.29, 1.82) is 0 Å². The lowest BCUT2D eigenvalue weighted by molar-refractivity contribution is -0.384. The number of benzene rings is 1. The van der Waals surface area contributed by atoms with Gasteiger partial charge in [-0.05, 0) is 31.7 Å². The first-order chi connectivity index (χ1) is 16.2. The summed E-state index contributed by atoms with van der Waals surface area (Å²) in [6.07, 6.45) is 0.371. The third-order valence-corrected chi connectivity index (χ3v) is 6.04. The van der Waals surface area contributed by atoms with E-state index in [0.29, 0.717) is 30.0 Å². The standard InChI is InChI=1S/C24H28N2O8/c1-5-33-9-10-34-24(29)19-14(3)25-17-11-13(2)18(23(28)32-4)22(27)21(17)20(19)15-7-6-8-16(12-15)26(30)31/h6-8,12-13,18,20,25H,5,9-11H2,1-4H3/t13-,18-,20+/m0/s1. The van der Waals surface area contributed by atoms with Crippen LogP contribution >= 0.6 is 0 Å². The molecule has 1 aliphatic heterocycles. The molecule has 1 N–H and O–H groups in total. The average Bonchev–Trinajstić information content (AvgIpc) is 2.80. The number of allylic oxidation sites excluding steroid dienone is 3. The summed E-state index contributed by atoms with van der Waals surface area (Å²) in [5.41, 5.74) is 1.64. The number of non-ortho nitro benzene ring substituents is 1. The molecule has 0 aromatic heterocycles. The Balaban J connectivity index is 2.12. The highest BCUT2D eigenvalue weighted by Gasteiger charge is 2.47. The zero-order chi connectivity index (χ0) is 25.0. The van der Waals surface area contributed by atoms with Gasteiger partial charge in [0.05, 0.1) is 24.2 Å². The number of methoxy groups -OCH3 is 1. The summed E-state index contributed by atoms with van der Waals surface area (Å²) in [4.78, 5) is 50.1. The molecule has 0 amide bonds. The van der Waals surface area contributed by atoms with E-state index in [4.69, 9.17) is 14.2 Å². The average molecular weight is 472 g/mol. The number of ether oxygens (including phenoxy) is 3. The van der Waals surface area contributed by atoms with E-state index >= 15 is 0 Å². The largest absolute Gasteiger partial charge is 0.468 e. The fraction of sp³-hybridized carbons (Fsp3) is 0.458. The van der Waals surface area contributed by atoms with E-state index < -0.39 is 34.5 Å². The van der Waals surface area contributed by atoms with Crippen molar-refractivity contribution in [3.8, 4) is 0 Å². The molecule has 10 nitrogen and oxygen atoms in total. The monoisotopic (exact) mass is 472 g/mol. The van der Waals surface area contributed by atoms with Gasteiger partial charge in [0, 0.05) is 41.6 Å². The lowest BCUT2D eigenvalue weighted by atomic mass is 9.69. The first kappa shape index (κ1) is 25.1. The number of Topliss-reactive ketones (excluding diaryl/α,β-unsaturated/α-hetero) is 1. The lowest BCUT2D eigenvalue weighted by Gasteiger charge is -2.38. The van der Waals surface area contributed by atoms with Crippen LogP contribution in [-0.2, 0) is 28.6 Å². The van der Waals surface area contributed by atoms with E-state index in [1.165, 1.54) is 25.3 Å². The van der Waals surface area contributed by atoms with Gasteiger partial charge in [-0.3, -0.25) is 19.7 Å². The molecular formula is C24H28N2O8. The van der Waals surface area contributed by atoms with Crippen molar-refractivity contribution in [2.24, 2.45) is 11.8 Å². The molecule has 0 radical (unpaired) electrons. The maximum Gasteiger partial charge on any atom is 0.336 e. The quantitative estimate of drug-likeness (QED) is 0.199. The highest BCUT2D eigenvalue weighted by molar-refractivity contribution is 6.12. The van der Waals surface area contributed by atoms with Gasteiger partial charge < -0.3 is 19.5 Å². The molecule has 34 heavy (non-hydrogen) atoms. The molecule has 10 heteroatoms. The summed E-state index contributed by atoms with van der Waals surface area (Å²) >= 11 is 0. The van der Waals surface area contributed by atoms with Gasteiger partial charge in [-0.25, -0.2) is 4.79 Å². The SMILES string of the molecule is CCOCCOC(=O)C1=C(C)NC2=C(C(=O)[C@@H](C(=O)OC)[C@@H](C)C2)[C@@H]1c1cccc([N+](=O)[O-])c1. The molecule has 1 heterocycles. The molecule has 1 aromatic rings. The maximum atomic E-state index is 13.6. The number of ketones is 1. The van der Waals surface area contributed by atoms with Crippen LogP contribution in [0.5, 0.6) is 0 Å². The lowest BCUT2D eigenvalue weighted by Crippen LogP contribution is -2.43. The Morgan fingerprint density at radius 3 is 2.65 bits per heavy atom. The van der Waals surface area contributed by atoms with E-state index in [1.54, 1.807) is 19.9 Å². The highest BCUT2D eigenvalue weighted by Crippen LogP contribution is 2.45. The minimum absolute atomic E-state index is 0.00673. The molecule has 0 fully saturated rings. The van der Waals surface area contributed by atoms with Crippen molar-refractivity contribution in [1.82, 2.24) is 5.32 Å². The predicted octanol–water partition coefficient (Wildman–Crippen LogP) is 2.79. The van der Waals surface area contributed by atoms with E-state index in [1.807, 2.05) is 6.92 Å². The topological polar surface area (TPSA) is 134 Å². The van der Waals surface area contributed by atoms with E-state index in [9.17, 15) is 24.5 Å². The van der Waals surface area contributed by atoms with Gasteiger partial charge in [0.2, 0.25) is 0 Å². The van der Waals surface area contributed by atoms with Crippen molar-refractivity contribution >= 4 is 23.4 Å². The normalized spacial score (nSPS) is 22.1. The van der Waals surface area contributed by atoms with Gasteiger partial charge in [0.15, 0.2) is 5.78 Å². The first-order valence-corrected chi connectivity index (χ1v) is 11.0. The summed E-state index contributed by atoms with van der Waals surface area (Å²) in [6.45, 7) is 5.97. The van der Waals surface area contributed by atoms with Crippen LogP contribution < -0.4 is 5.32 Å². The predicted molar refractivity (Wildman–Crippen MR) is 120 cm³/mol. The number of carbonyl (C=O) groups excluding carboxylic acids is 3. The number of nitro groups is 1. The first-order valence-electron chi connectivity index (χ1n) is 11.0. The highest BCUT2D eigenvalue weighted by atomic mass is 16.6.